The molecule has 0 saturated carbocycles. The zero-order valence-corrected chi connectivity index (χ0v) is 19.1. The second kappa shape index (κ2) is 8.14. The summed E-state index contributed by atoms with van der Waals surface area (Å²) in [6.45, 7) is 0. The first-order valence-electron chi connectivity index (χ1n) is 10.6. The van der Waals surface area contributed by atoms with Crippen molar-refractivity contribution in [3.63, 3.8) is 0 Å². The summed E-state index contributed by atoms with van der Waals surface area (Å²) in [4.78, 5) is 9.17. The molecule has 4 nitrogen and oxygen atoms in total. The third-order valence-corrected chi connectivity index (χ3v) is 6.55. The quantitative estimate of drug-likeness (QED) is 0.305. The summed E-state index contributed by atoms with van der Waals surface area (Å²) in [5.74, 6) is 0.938. The van der Waals surface area contributed by atoms with Crippen molar-refractivity contribution in [2.24, 2.45) is 4.99 Å². The van der Waals surface area contributed by atoms with Crippen LogP contribution in [0.25, 0.3) is 10.9 Å². The molecule has 0 spiro atoms. The van der Waals surface area contributed by atoms with E-state index >= 15 is 0 Å². The summed E-state index contributed by atoms with van der Waals surface area (Å²) in [5, 5.41) is 11.6. The van der Waals surface area contributed by atoms with Crippen LogP contribution in [-0.2, 0) is 27.4 Å². The first kappa shape index (κ1) is 18.0. The van der Waals surface area contributed by atoms with Crippen molar-refractivity contribution in [3.05, 3.63) is 95.6 Å². The van der Waals surface area contributed by atoms with Crippen LogP contribution in [0.1, 0.15) is 24.7 Å². The van der Waals surface area contributed by atoms with Crippen LogP contribution in [0, 0.1) is 6.07 Å². The number of benzene rings is 3. The molecule has 1 aliphatic carbocycles. The van der Waals surface area contributed by atoms with Crippen LogP contribution in [-0.4, -0.2) is 21.2 Å². The molecule has 1 N–H and O–H groups in total. The minimum Gasteiger partial charge on any atom is -0.506 e. The number of rotatable bonds is 3. The van der Waals surface area contributed by atoms with Gasteiger partial charge in [0.2, 0.25) is 5.88 Å². The van der Waals surface area contributed by atoms with E-state index in [-0.39, 0.29) is 32.1 Å². The van der Waals surface area contributed by atoms with E-state index in [2.05, 4.69) is 11.1 Å². The molecule has 156 valence electrons. The van der Waals surface area contributed by atoms with Crippen molar-refractivity contribution in [2.75, 3.05) is 0 Å². The Hall–Kier alpha value is -2.62. The molecule has 0 saturated heterocycles. The van der Waals surface area contributed by atoms with Gasteiger partial charge in [-0.15, -0.1) is 35.5 Å². The van der Waals surface area contributed by atoms with Crippen molar-refractivity contribution in [2.45, 2.75) is 17.7 Å². The second-order valence-corrected chi connectivity index (χ2v) is 8.31. The minimum atomic E-state index is -1.50. The van der Waals surface area contributed by atoms with Gasteiger partial charge in [-0.2, -0.15) is 0 Å². The molecule has 6 rings (SSSR count). The summed E-state index contributed by atoms with van der Waals surface area (Å²) in [6.07, 6.45) is -1.50. The maximum absolute atomic E-state index is 10.1. The minimum absolute atomic E-state index is 0. The zero-order chi connectivity index (χ0) is 21.9. The topological polar surface area (TPSA) is 54.7 Å². The van der Waals surface area contributed by atoms with Crippen molar-refractivity contribution in [3.8, 4) is 17.4 Å². The van der Waals surface area contributed by atoms with Crippen molar-refractivity contribution < 1.29 is 33.7 Å². The standard InChI is InChI=1S/C25H17N2O2S.Pt/c28-21-10-4-6-15-11-12-22(27-23(15)21)29-18-8-3-7-17(13-18)25-26-20-14-16-5-1-2-9-19(16)24(20)30-25;/h1-12,20,24,28H,14H2;/q-1;/t20-,24-;/m0./s1/i14D2;. The molecule has 0 unspecified atom stereocenters. The molecule has 1 aliphatic heterocycles. The maximum Gasteiger partial charge on any atom is 0.217 e. The Kier molecular flexibility index (Phi) is 4.73. The summed E-state index contributed by atoms with van der Waals surface area (Å²) in [6, 6.07) is 24.9. The molecule has 1 aromatic heterocycles. The van der Waals surface area contributed by atoms with Gasteiger partial charge in [-0.05, 0) is 29.6 Å². The number of phenols is 1. The average molecular weight is 607 g/mol. The molecular formula is C25H17N2O2PtS-. The number of hydrogen-bond donors (Lipinski definition) is 1. The number of aromatic hydroxyl groups is 1. The molecule has 2 atom stereocenters. The molecule has 2 heterocycles. The first-order chi connectivity index (χ1) is 15.5. The summed E-state index contributed by atoms with van der Waals surface area (Å²) in [7, 11) is 0. The summed E-state index contributed by atoms with van der Waals surface area (Å²) < 4.78 is 23.1. The fourth-order valence-electron chi connectivity index (χ4n) is 3.83. The van der Waals surface area contributed by atoms with Gasteiger partial charge in [0.1, 0.15) is 11.3 Å². The van der Waals surface area contributed by atoms with Gasteiger partial charge in [-0.1, -0.05) is 42.5 Å². The first-order valence-corrected chi connectivity index (χ1v) is 10.5. The van der Waals surface area contributed by atoms with E-state index < -0.39 is 12.4 Å². The molecule has 0 bridgehead atoms. The molecule has 4 aromatic rings. The smallest absolute Gasteiger partial charge is 0.217 e. The van der Waals surface area contributed by atoms with E-state index in [9.17, 15) is 5.11 Å². The van der Waals surface area contributed by atoms with Crippen LogP contribution >= 0.6 is 11.8 Å². The van der Waals surface area contributed by atoms with Crippen molar-refractivity contribution >= 4 is 27.7 Å². The Bertz CT molecular complexity index is 1410. The number of hydrogen-bond acceptors (Lipinski definition) is 5. The fourth-order valence-corrected chi connectivity index (χ4v) is 5.09. The van der Waals surface area contributed by atoms with E-state index in [0.29, 0.717) is 17.1 Å². The van der Waals surface area contributed by atoms with Crippen molar-refractivity contribution in [1.82, 2.24) is 4.98 Å². The van der Waals surface area contributed by atoms with E-state index in [1.165, 1.54) is 0 Å². The van der Waals surface area contributed by atoms with Gasteiger partial charge in [0.15, 0.2) is 0 Å². The molecule has 2 aliphatic rings. The Morgan fingerprint density at radius 2 is 1.90 bits per heavy atom. The SMILES string of the molecule is [2H]C1([2H])c2ccccc2[C@@H]2SC(c3[c-]c(Oc4ccc5cccc(O)c5n4)ccc3)=N[C@H]21.[Pt]. The monoisotopic (exact) mass is 606 g/mol. The fraction of sp³-hybridized carbons (Fsp3) is 0.120. The third kappa shape index (κ3) is 3.66. The number of aromatic nitrogens is 1. The molecule has 0 radical (unpaired) electrons. The number of aliphatic imine (C=N–C) groups is 1. The van der Waals surface area contributed by atoms with Gasteiger partial charge in [-0.3, -0.25) is 0 Å². The Morgan fingerprint density at radius 1 is 1.03 bits per heavy atom. The van der Waals surface area contributed by atoms with E-state index in [1.54, 1.807) is 36.0 Å². The predicted octanol–water partition coefficient (Wildman–Crippen LogP) is 5.69. The van der Waals surface area contributed by atoms with E-state index in [1.807, 2.05) is 48.5 Å². The molecule has 6 heteroatoms. The Labute approximate surface area is 201 Å². The van der Waals surface area contributed by atoms with Crippen LogP contribution in [0.2, 0.25) is 0 Å². The predicted molar refractivity (Wildman–Crippen MR) is 120 cm³/mol. The number of fused-ring (bicyclic) bond motifs is 4. The number of ether oxygens (including phenoxy) is 1. The molecular weight excluding hydrogens is 587 g/mol. The molecule has 31 heavy (non-hydrogen) atoms. The molecule has 0 amide bonds. The van der Waals surface area contributed by atoms with Crippen LogP contribution < -0.4 is 4.74 Å². The van der Waals surface area contributed by atoms with Gasteiger partial charge in [0, 0.05) is 51.3 Å². The van der Waals surface area contributed by atoms with Gasteiger partial charge < -0.3 is 14.8 Å². The molecule has 0 fully saturated rings. The van der Waals surface area contributed by atoms with Crippen molar-refractivity contribution in [1.29, 1.82) is 0 Å². The zero-order valence-electron chi connectivity index (χ0n) is 18.1. The number of thioether (sulfide) groups is 1. The van der Waals surface area contributed by atoms with Gasteiger partial charge in [0.25, 0.3) is 0 Å². The summed E-state index contributed by atoms with van der Waals surface area (Å²) in [5.41, 5.74) is 2.99. The average Bonchev–Trinajstić information content (AvgIpc) is 3.34. The summed E-state index contributed by atoms with van der Waals surface area (Å²) >= 11 is 1.57. The van der Waals surface area contributed by atoms with Crippen LogP contribution in [0.15, 0.2) is 77.8 Å². The number of pyridine rings is 1. The van der Waals surface area contributed by atoms with E-state index in [4.69, 9.17) is 12.5 Å². The van der Waals surface area contributed by atoms with Gasteiger partial charge in [-0.25, -0.2) is 4.98 Å². The third-order valence-electron chi connectivity index (χ3n) is 5.24. The van der Waals surface area contributed by atoms with Crippen LogP contribution in [0.3, 0.4) is 0 Å². The largest absolute Gasteiger partial charge is 0.506 e. The van der Waals surface area contributed by atoms with Crippen LogP contribution in [0.4, 0.5) is 0 Å². The van der Waals surface area contributed by atoms with Gasteiger partial charge in [0.05, 0.1) is 6.04 Å². The Morgan fingerprint density at radius 3 is 2.84 bits per heavy atom. The number of nitrogens with zero attached hydrogens (tertiary/aromatic N) is 2. The number of phenolic OH excluding ortho intramolecular Hbond substituents is 1. The molecule has 3 aromatic carbocycles. The second-order valence-electron chi connectivity index (χ2n) is 7.18. The maximum atomic E-state index is 10.1. The Balaban J connectivity index is 0.00000228. The normalized spacial score (nSPS) is 21.4. The van der Waals surface area contributed by atoms with Gasteiger partial charge >= 0.3 is 0 Å². The number of para-hydroxylation sites is 1. The van der Waals surface area contributed by atoms with E-state index in [0.717, 1.165) is 27.1 Å². The van der Waals surface area contributed by atoms with Crippen LogP contribution in [0.5, 0.6) is 17.4 Å².